The zero-order valence-electron chi connectivity index (χ0n) is 10.8. The Hall–Kier alpha value is -1.55. The van der Waals surface area contributed by atoms with Gasteiger partial charge in [-0.1, -0.05) is 18.2 Å². The second-order valence-corrected chi connectivity index (χ2v) is 5.29. The van der Waals surface area contributed by atoms with Crippen molar-refractivity contribution in [3.8, 4) is 5.75 Å². The first-order valence-electron chi connectivity index (χ1n) is 5.91. The fraction of sp³-hybridized carbons (Fsp3) is 0.200. The summed E-state index contributed by atoms with van der Waals surface area (Å²) in [6.07, 6.45) is 0. The van der Waals surface area contributed by atoms with E-state index in [1.807, 2.05) is 32.0 Å². The maximum atomic E-state index is 13.4. The summed E-state index contributed by atoms with van der Waals surface area (Å²) in [6, 6.07) is 8.74. The van der Waals surface area contributed by atoms with Crippen LogP contribution < -0.4 is 10.5 Å². The van der Waals surface area contributed by atoms with Gasteiger partial charge < -0.3 is 10.5 Å². The van der Waals surface area contributed by atoms with Crippen molar-refractivity contribution in [2.75, 3.05) is 5.73 Å². The van der Waals surface area contributed by atoms with Gasteiger partial charge in [-0.15, -0.1) is 0 Å². The normalized spacial score (nSPS) is 10.5. The van der Waals surface area contributed by atoms with Crippen molar-refractivity contribution in [3.05, 3.63) is 57.3 Å². The standard InChI is InChI=1S/C15H15BrFNO/c1-9-6-10(2)15(13(18)7-9)19-8-11-4-3-5-12(17)14(11)16/h3-7H,8,18H2,1-2H3. The van der Waals surface area contributed by atoms with Gasteiger partial charge in [-0.2, -0.15) is 0 Å². The van der Waals surface area contributed by atoms with Crippen molar-refractivity contribution >= 4 is 21.6 Å². The SMILES string of the molecule is Cc1cc(C)c(OCc2cccc(F)c2Br)c(N)c1. The number of ether oxygens (including phenoxy) is 1. The van der Waals surface area contributed by atoms with E-state index in [2.05, 4.69) is 15.9 Å². The second-order valence-electron chi connectivity index (χ2n) is 4.50. The maximum Gasteiger partial charge on any atom is 0.145 e. The molecular formula is C15H15BrFNO. The Balaban J connectivity index is 2.22. The molecule has 2 aromatic rings. The molecule has 19 heavy (non-hydrogen) atoms. The summed E-state index contributed by atoms with van der Waals surface area (Å²) in [4.78, 5) is 0. The number of rotatable bonds is 3. The molecule has 0 aliphatic carbocycles. The molecule has 100 valence electrons. The van der Waals surface area contributed by atoms with Crippen molar-refractivity contribution in [1.82, 2.24) is 0 Å². The van der Waals surface area contributed by atoms with Gasteiger partial charge in [0, 0.05) is 5.56 Å². The summed E-state index contributed by atoms with van der Waals surface area (Å²) in [6.45, 7) is 4.20. The highest BCUT2D eigenvalue weighted by atomic mass is 79.9. The summed E-state index contributed by atoms with van der Waals surface area (Å²) in [7, 11) is 0. The first-order valence-corrected chi connectivity index (χ1v) is 6.70. The van der Waals surface area contributed by atoms with Gasteiger partial charge in [-0.3, -0.25) is 0 Å². The number of hydrogen-bond acceptors (Lipinski definition) is 2. The van der Waals surface area contributed by atoms with E-state index in [-0.39, 0.29) is 12.4 Å². The van der Waals surface area contributed by atoms with E-state index in [1.165, 1.54) is 6.07 Å². The van der Waals surface area contributed by atoms with E-state index in [0.717, 1.165) is 16.7 Å². The highest BCUT2D eigenvalue weighted by Gasteiger charge is 2.09. The molecule has 0 amide bonds. The topological polar surface area (TPSA) is 35.2 Å². The lowest BCUT2D eigenvalue weighted by atomic mass is 10.1. The molecular weight excluding hydrogens is 309 g/mol. The Bertz CT molecular complexity index is 590. The number of anilines is 1. The average molecular weight is 324 g/mol. The van der Waals surface area contributed by atoms with Crippen LogP contribution in [0.15, 0.2) is 34.8 Å². The monoisotopic (exact) mass is 323 g/mol. The predicted octanol–water partition coefficient (Wildman–Crippen LogP) is 4.37. The first-order chi connectivity index (χ1) is 8.99. The van der Waals surface area contributed by atoms with E-state index in [9.17, 15) is 4.39 Å². The van der Waals surface area contributed by atoms with Crippen LogP contribution in [0.1, 0.15) is 16.7 Å². The van der Waals surface area contributed by atoms with Crippen LogP contribution in [0.3, 0.4) is 0 Å². The van der Waals surface area contributed by atoms with Gasteiger partial charge in [0.2, 0.25) is 0 Å². The van der Waals surface area contributed by atoms with Crippen molar-refractivity contribution in [2.45, 2.75) is 20.5 Å². The molecule has 2 nitrogen and oxygen atoms in total. The van der Waals surface area contributed by atoms with Gasteiger partial charge in [0.25, 0.3) is 0 Å². The molecule has 0 heterocycles. The Morgan fingerprint density at radius 1 is 1.26 bits per heavy atom. The molecule has 2 N–H and O–H groups in total. The molecule has 0 bridgehead atoms. The van der Waals surface area contributed by atoms with Crippen LogP contribution in [0.4, 0.5) is 10.1 Å². The van der Waals surface area contributed by atoms with Crippen LogP contribution in [0.5, 0.6) is 5.75 Å². The van der Waals surface area contributed by atoms with Gasteiger partial charge in [0.1, 0.15) is 18.2 Å². The minimum Gasteiger partial charge on any atom is -0.486 e. The van der Waals surface area contributed by atoms with Crippen LogP contribution in [-0.4, -0.2) is 0 Å². The zero-order valence-corrected chi connectivity index (χ0v) is 12.4. The Morgan fingerprint density at radius 2 is 2.00 bits per heavy atom. The second kappa shape index (κ2) is 5.61. The molecule has 0 fully saturated rings. The molecule has 4 heteroatoms. The van der Waals surface area contributed by atoms with Crippen LogP contribution in [0, 0.1) is 19.7 Å². The fourth-order valence-corrected chi connectivity index (χ4v) is 2.37. The molecule has 0 aliphatic rings. The van der Waals surface area contributed by atoms with Crippen molar-refractivity contribution in [3.63, 3.8) is 0 Å². The Morgan fingerprint density at radius 3 is 2.68 bits per heavy atom. The molecule has 2 rings (SSSR count). The number of aryl methyl sites for hydroxylation is 2. The van der Waals surface area contributed by atoms with Gasteiger partial charge in [-0.25, -0.2) is 4.39 Å². The summed E-state index contributed by atoms with van der Waals surface area (Å²) >= 11 is 3.22. The largest absolute Gasteiger partial charge is 0.486 e. The minimum atomic E-state index is -0.297. The van der Waals surface area contributed by atoms with E-state index in [1.54, 1.807) is 6.07 Å². The number of benzene rings is 2. The Labute approximate surface area is 120 Å². The highest BCUT2D eigenvalue weighted by Crippen LogP contribution is 2.29. The summed E-state index contributed by atoms with van der Waals surface area (Å²) in [5.41, 5.74) is 9.36. The lowest BCUT2D eigenvalue weighted by Crippen LogP contribution is -2.02. The van der Waals surface area contributed by atoms with Crippen LogP contribution in [0.2, 0.25) is 0 Å². The molecule has 0 saturated heterocycles. The molecule has 0 atom stereocenters. The summed E-state index contributed by atoms with van der Waals surface area (Å²) < 4.78 is 19.5. The lowest BCUT2D eigenvalue weighted by molar-refractivity contribution is 0.304. The molecule has 0 aromatic heterocycles. The third kappa shape index (κ3) is 3.07. The quantitative estimate of drug-likeness (QED) is 0.851. The molecule has 0 saturated carbocycles. The van der Waals surface area contributed by atoms with Crippen LogP contribution in [0.25, 0.3) is 0 Å². The maximum absolute atomic E-state index is 13.4. The van der Waals surface area contributed by atoms with Gasteiger partial charge in [-0.05, 0) is 53.0 Å². The molecule has 0 unspecified atom stereocenters. The lowest BCUT2D eigenvalue weighted by Gasteiger charge is -2.13. The van der Waals surface area contributed by atoms with Crippen molar-refractivity contribution < 1.29 is 9.13 Å². The third-order valence-electron chi connectivity index (χ3n) is 2.85. The van der Waals surface area contributed by atoms with E-state index in [4.69, 9.17) is 10.5 Å². The number of halogens is 2. The third-order valence-corrected chi connectivity index (χ3v) is 3.74. The highest BCUT2D eigenvalue weighted by molar-refractivity contribution is 9.10. The van der Waals surface area contributed by atoms with E-state index < -0.39 is 0 Å². The van der Waals surface area contributed by atoms with Crippen molar-refractivity contribution in [1.29, 1.82) is 0 Å². The average Bonchev–Trinajstić information content (AvgIpc) is 2.33. The molecule has 0 radical (unpaired) electrons. The first kappa shape index (κ1) is 13.9. The predicted molar refractivity (Wildman–Crippen MR) is 78.8 cm³/mol. The van der Waals surface area contributed by atoms with Crippen LogP contribution in [-0.2, 0) is 6.61 Å². The van der Waals surface area contributed by atoms with E-state index in [0.29, 0.717) is 15.9 Å². The summed E-state index contributed by atoms with van der Waals surface area (Å²) in [5.74, 6) is 0.358. The van der Waals surface area contributed by atoms with Gasteiger partial charge in [0.15, 0.2) is 0 Å². The number of nitrogens with two attached hydrogens (primary N) is 1. The van der Waals surface area contributed by atoms with Gasteiger partial charge in [0.05, 0.1) is 10.2 Å². The molecule has 0 spiro atoms. The fourth-order valence-electron chi connectivity index (χ4n) is 1.99. The molecule has 0 aliphatic heterocycles. The number of nitrogen functional groups attached to an aromatic ring is 1. The molecule has 2 aromatic carbocycles. The van der Waals surface area contributed by atoms with Crippen molar-refractivity contribution in [2.24, 2.45) is 0 Å². The zero-order chi connectivity index (χ0) is 14.0. The van der Waals surface area contributed by atoms with Gasteiger partial charge >= 0.3 is 0 Å². The van der Waals surface area contributed by atoms with E-state index >= 15 is 0 Å². The van der Waals surface area contributed by atoms with Crippen LogP contribution >= 0.6 is 15.9 Å². The number of hydrogen-bond donors (Lipinski definition) is 1. The Kier molecular flexibility index (Phi) is 4.10. The smallest absolute Gasteiger partial charge is 0.145 e. The summed E-state index contributed by atoms with van der Waals surface area (Å²) in [5, 5.41) is 0. The minimum absolute atomic E-state index is 0.270.